The second kappa shape index (κ2) is 5.99. The molecule has 1 aliphatic heterocycles. The van der Waals surface area contributed by atoms with Crippen molar-refractivity contribution in [1.29, 1.82) is 0 Å². The lowest BCUT2D eigenvalue weighted by Gasteiger charge is -2.32. The zero-order valence-electron chi connectivity index (χ0n) is 13.9. The minimum Gasteiger partial charge on any atom is -0.491 e. The Kier molecular flexibility index (Phi) is 4.66. The van der Waals surface area contributed by atoms with Crippen LogP contribution in [-0.4, -0.2) is 38.6 Å². The van der Waals surface area contributed by atoms with Crippen LogP contribution in [0.25, 0.3) is 0 Å². The van der Waals surface area contributed by atoms with Crippen LogP contribution in [0.15, 0.2) is 18.2 Å². The molecular formula is C16H25BO4. The smallest absolute Gasteiger partial charge is 0.491 e. The monoisotopic (exact) mass is 292 g/mol. The van der Waals surface area contributed by atoms with Gasteiger partial charge in [0.1, 0.15) is 12.4 Å². The van der Waals surface area contributed by atoms with Gasteiger partial charge in [0, 0.05) is 12.6 Å². The van der Waals surface area contributed by atoms with Gasteiger partial charge in [-0.1, -0.05) is 18.2 Å². The van der Waals surface area contributed by atoms with E-state index in [1.54, 1.807) is 7.11 Å². The predicted molar refractivity (Wildman–Crippen MR) is 84.3 cm³/mol. The standard InChI is InChI=1S/C16H25BO4/c1-12-8-7-9-13(14(12)19-11-10-18-6)17-20-15(2,3)16(4,5)21-17/h7-9H,10-11H2,1-6H3. The van der Waals surface area contributed by atoms with Gasteiger partial charge in [-0.15, -0.1) is 0 Å². The summed E-state index contributed by atoms with van der Waals surface area (Å²) in [6, 6.07) is 6.02. The molecule has 1 aromatic carbocycles. The molecule has 21 heavy (non-hydrogen) atoms. The molecule has 1 aliphatic rings. The van der Waals surface area contributed by atoms with E-state index in [9.17, 15) is 0 Å². The largest absolute Gasteiger partial charge is 0.498 e. The summed E-state index contributed by atoms with van der Waals surface area (Å²) in [7, 11) is 1.25. The fraction of sp³-hybridized carbons (Fsp3) is 0.625. The van der Waals surface area contributed by atoms with Crippen LogP contribution in [0.5, 0.6) is 5.75 Å². The molecule has 0 atom stereocenters. The molecule has 0 aromatic heterocycles. The van der Waals surface area contributed by atoms with Crippen molar-refractivity contribution in [2.45, 2.75) is 45.8 Å². The van der Waals surface area contributed by atoms with Gasteiger partial charge in [-0.25, -0.2) is 0 Å². The van der Waals surface area contributed by atoms with Crippen LogP contribution in [0.2, 0.25) is 0 Å². The highest BCUT2D eigenvalue weighted by atomic mass is 16.7. The van der Waals surface area contributed by atoms with Gasteiger partial charge in [0.15, 0.2) is 0 Å². The zero-order chi connectivity index (χ0) is 15.7. The van der Waals surface area contributed by atoms with Crippen LogP contribution >= 0.6 is 0 Å². The maximum absolute atomic E-state index is 6.12. The quantitative estimate of drug-likeness (QED) is 0.616. The van der Waals surface area contributed by atoms with Gasteiger partial charge in [-0.3, -0.25) is 0 Å². The molecule has 1 saturated heterocycles. The molecule has 0 bridgehead atoms. The van der Waals surface area contributed by atoms with Crippen molar-refractivity contribution in [3.8, 4) is 5.75 Å². The first-order valence-electron chi connectivity index (χ1n) is 7.35. The van der Waals surface area contributed by atoms with Crippen molar-refractivity contribution in [1.82, 2.24) is 0 Å². The molecule has 0 aliphatic carbocycles. The third-order valence-electron chi connectivity index (χ3n) is 4.28. The second-order valence-corrected chi connectivity index (χ2v) is 6.42. The van der Waals surface area contributed by atoms with Crippen LogP contribution in [0, 0.1) is 6.92 Å². The summed E-state index contributed by atoms with van der Waals surface area (Å²) >= 11 is 0. The Hall–Kier alpha value is -1.04. The van der Waals surface area contributed by atoms with Gasteiger partial charge in [0.2, 0.25) is 0 Å². The molecule has 0 radical (unpaired) electrons. The fourth-order valence-corrected chi connectivity index (χ4v) is 2.26. The van der Waals surface area contributed by atoms with E-state index < -0.39 is 7.12 Å². The van der Waals surface area contributed by atoms with E-state index in [0.717, 1.165) is 16.8 Å². The first kappa shape index (κ1) is 16.3. The van der Waals surface area contributed by atoms with Crippen molar-refractivity contribution in [3.63, 3.8) is 0 Å². The van der Waals surface area contributed by atoms with Crippen LogP contribution in [0.3, 0.4) is 0 Å². The van der Waals surface area contributed by atoms with Crippen molar-refractivity contribution < 1.29 is 18.8 Å². The Bertz CT molecular complexity index is 483. The third-order valence-corrected chi connectivity index (χ3v) is 4.28. The summed E-state index contributed by atoms with van der Waals surface area (Å²) < 4.78 is 23.2. The highest BCUT2D eigenvalue weighted by molar-refractivity contribution is 6.63. The Balaban J connectivity index is 2.26. The number of aryl methyl sites for hydroxylation is 1. The Morgan fingerprint density at radius 3 is 2.24 bits per heavy atom. The molecule has 116 valence electrons. The minimum atomic E-state index is -0.410. The van der Waals surface area contributed by atoms with Gasteiger partial charge in [-0.2, -0.15) is 0 Å². The second-order valence-electron chi connectivity index (χ2n) is 6.42. The van der Waals surface area contributed by atoms with Crippen LogP contribution in [0.1, 0.15) is 33.3 Å². The van der Waals surface area contributed by atoms with E-state index >= 15 is 0 Å². The molecule has 4 nitrogen and oxygen atoms in total. The topological polar surface area (TPSA) is 36.9 Å². The highest BCUT2D eigenvalue weighted by Gasteiger charge is 2.52. The predicted octanol–water partition coefficient (Wildman–Crippen LogP) is 2.32. The summed E-state index contributed by atoms with van der Waals surface area (Å²) in [4.78, 5) is 0. The van der Waals surface area contributed by atoms with Gasteiger partial charge < -0.3 is 18.8 Å². The molecule has 0 saturated carbocycles. The van der Waals surface area contributed by atoms with Gasteiger partial charge in [0.25, 0.3) is 0 Å². The van der Waals surface area contributed by atoms with E-state index in [1.165, 1.54) is 0 Å². The summed E-state index contributed by atoms with van der Waals surface area (Å²) in [5.74, 6) is 0.827. The fourth-order valence-electron chi connectivity index (χ4n) is 2.26. The summed E-state index contributed by atoms with van der Waals surface area (Å²) in [6.45, 7) is 11.3. The van der Waals surface area contributed by atoms with E-state index in [-0.39, 0.29) is 11.2 Å². The van der Waals surface area contributed by atoms with Crippen LogP contribution < -0.4 is 10.2 Å². The molecule has 2 rings (SSSR count). The number of benzene rings is 1. The Morgan fingerprint density at radius 1 is 1.05 bits per heavy atom. The molecular weight excluding hydrogens is 267 g/mol. The van der Waals surface area contributed by atoms with Crippen molar-refractivity contribution >= 4 is 12.6 Å². The van der Waals surface area contributed by atoms with Crippen molar-refractivity contribution in [2.75, 3.05) is 20.3 Å². The molecule has 0 unspecified atom stereocenters. The Labute approximate surface area is 127 Å². The van der Waals surface area contributed by atoms with Gasteiger partial charge in [0.05, 0.1) is 17.8 Å². The van der Waals surface area contributed by atoms with E-state index in [2.05, 4.69) is 0 Å². The van der Waals surface area contributed by atoms with Crippen molar-refractivity contribution in [3.05, 3.63) is 23.8 Å². The number of para-hydroxylation sites is 1. The molecule has 1 heterocycles. The lowest BCUT2D eigenvalue weighted by Crippen LogP contribution is -2.41. The first-order chi connectivity index (χ1) is 9.78. The average Bonchev–Trinajstić information content (AvgIpc) is 2.60. The lowest BCUT2D eigenvalue weighted by atomic mass is 9.77. The number of hydrogen-bond donors (Lipinski definition) is 0. The maximum atomic E-state index is 6.12. The van der Waals surface area contributed by atoms with Gasteiger partial charge >= 0.3 is 7.12 Å². The lowest BCUT2D eigenvalue weighted by molar-refractivity contribution is 0.00578. The highest BCUT2D eigenvalue weighted by Crippen LogP contribution is 2.37. The van der Waals surface area contributed by atoms with E-state index in [4.69, 9.17) is 18.8 Å². The zero-order valence-corrected chi connectivity index (χ0v) is 13.9. The summed E-state index contributed by atoms with van der Waals surface area (Å²) in [6.07, 6.45) is 0. The first-order valence-corrected chi connectivity index (χ1v) is 7.35. The van der Waals surface area contributed by atoms with Crippen molar-refractivity contribution in [2.24, 2.45) is 0 Å². The van der Waals surface area contributed by atoms with Crippen LogP contribution in [0.4, 0.5) is 0 Å². The maximum Gasteiger partial charge on any atom is 0.498 e. The van der Waals surface area contributed by atoms with Gasteiger partial charge in [-0.05, 0) is 40.2 Å². The average molecular weight is 292 g/mol. The summed E-state index contributed by atoms with van der Waals surface area (Å²) in [5, 5.41) is 0. The third kappa shape index (κ3) is 3.25. The van der Waals surface area contributed by atoms with Crippen LogP contribution in [-0.2, 0) is 14.0 Å². The summed E-state index contributed by atoms with van der Waals surface area (Å²) in [5.41, 5.74) is 1.29. The number of methoxy groups -OCH3 is 1. The number of hydrogen-bond acceptors (Lipinski definition) is 4. The Morgan fingerprint density at radius 2 is 1.67 bits per heavy atom. The molecule has 0 N–H and O–H groups in total. The molecule has 0 spiro atoms. The number of rotatable bonds is 5. The SMILES string of the molecule is COCCOc1c(C)cccc1B1OC(C)(C)C(C)(C)O1. The normalized spacial score (nSPS) is 19.8. The minimum absolute atomic E-state index is 0.356. The number of ether oxygens (including phenoxy) is 2. The molecule has 1 fully saturated rings. The molecule has 5 heteroatoms. The molecule has 1 aromatic rings. The van der Waals surface area contributed by atoms with E-state index in [1.807, 2.05) is 52.8 Å². The molecule has 0 amide bonds. The van der Waals surface area contributed by atoms with E-state index in [0.29, 0.717) is 13.2 Å².